The van der Waals surface area contributed by atoms with Crippen LogP contribution in [-0.4, -0.2) is 44.9 Å². The maximum absolute atomic E-state index is 11.2. The second-order valence-electron chi connectivity index (χ2n) is 3.63. The summed E-state index contributed by atoms with van der Waals surface area (Å²) in [4.78, 5) is 17.3. The molecule has 0 atom stereocenters. The molecule has 18 heavy (non-hydrogen) atoms. The van der Waals surface area contributed by atoms with Crippen LogP contribution in [0.3, 0.4) is 0 Å². The molecule has 6 heteroatoms. The zero-order valence-electron chi connectivity index (χ0n) is 10.6. The van der Waals surface area contributed by atoms with Gasteiger partial charge in [0.15, 0.2) is 0 Å². The summed E-state index contributed by atoms with van der Waals surface area (Å²) in [7, 11) is 3.05. The molecule has 0 aliphatic heterocycles. The fourth-order valence-electron chi connectivity index (χ4n) is 1.51. The normalized spacial score (nSPS) is 10.2. The standard InChI is InChI=1S/C12H17BrN2O3/c1-17-8-7-15(6-4-12(16)18-2)11-3-5-14-9-10(11)13/h3,5,9H,4,6-8H2,1-2H3. The molecule has 1 rings (SSSR count). The van der Waals surface area contributed by atoms with E-state index in [1.54, 1.807) is 19.5 Å². The van der Waals surface area contributed by atoms with Gasteiger partial charge in [-0.05, 0) is 22.0 Å². The van der Waals surface area contributed by atoms with Gasteiger partial charge < -0.3 is 14.4 Å². The highest BCUT2D eigenvalue weighted by Crippen LogP contribution is 2.24. The van der Waals surface area contributed by atoms with Crippen molar-refractivity contribution in [3.8, 4) is 0 Å². The summed E-state index contributed by atoms with van der Waals surface area (Å²) < 4.78 is 10.6. The third-order valence-electron chi connectivity index (χ3n) is 2.47. The fraction of sp³-hybridized carbons (Fsp3) is 0.500. The van der Waals surface area contributed by atoms with Crippen molar-refractivity contribution in [3.63, 3.8) is 0 Å². The average molecular weight is 317 g/mol. The van der Waals surface area contributed by atoms with E-state index in [0.717, 1.165) is 10.2 Å². The third-order valence-corrected chi connectivity index (χ3v) is 3.08. The highest BCUT2D eigenvalue weighted by molar-refractivity contribution is 9.10. The van der Waals surface area contributed by atoms with Crippen LogP contribution in [0.4, 0.5) is 5.69 Å². The predicted molar refractivity (Wildman–Crippen MR) is 72.7 cm³/mol. The van der Waals surface area contributed by atoms with Crippen LogP contribution in [0.1, 0.15) is 6.42 Å². The maximum Gasteiger partial charge on any atom is 0.307 e. The first kappa shape index (κ1) is 14.9. The SMILES string of the molecule is COCCN(CCC(=O)OC)c1ccncc1Br. The molecule has 100 valence electrons. The Labute approximate surface area is 115 Å². The second kappa shape index (κ2) is 8.05. The summed E-state index contributed by atoms with van der Waals surface area (Å²) in [6.45, 7) is 1.88. The molecule has 0 radical (unpaired) electrons. The number of ether oxygens (including phenoxy) is 2. The number of methoxy groups -OCH3 is 2. The van der Waals surface area contributed by atoms with Gasteiger partial charge in [0.05, 0.1) is 30.3 Å². The van der Waals surface area contributed by atoms with E-state index in [-0.39, 0.29) is 5.97 Å². The molecule has 0 saturated heterocycles. The Morgan fingerprint density at radius 2 is 2.22 bits per heavy atom. The van der Waals surface area contributed by atoms with Gasteiger partial charge in [0.2, 0.25) is 0 Å². The Bertz CT molecular complexity index is 387. The summed E-state index contributed by atoms with van der Waals surface area (Å²) in [6, 6.07) is 1.90. The first-order valence-corrected chi connectivity index (χ1v) is 6.38. The van der Waals surface area contributed by atoms with Gasteiger partial charge in [-0.15, -0.1) is 0 Å². The van der Waals surface area contributed by atoms with E-state index in [9.17, 15) is 4.79 Å². The molecular formula is C12H17BrN2O3. The molecule has 0 spiro atoms. The first-order valence-electron chi connectivity index (χ1n) is 5.59. The number of anilines is 1. The summed E-state index contributed by atoms with van der Waals surface area (Å²) >= 11 is 3.45. The van der Waals surface area contributed by atoms with E-state index in [2.05, 4.69) is 30.6 Å². The van der Waals surface area contributed by atoms with Crippen molar-refractivity contribution in [1.29, 1.82) is 0 Å². The lowest BCUT2D eigenvalue weighted by Crippen LogP contribution is -2.30. The van der Waals surface area contributed by atoms with Crippen molar-refractivity contribution >= 4 is 27.6 Å². The van der Waals surface area contributed by atoms with E-state index >= 15 is 0 Å². The molecule has 1 heterocycles. The lowest BCUT2D eigenvalue weighted by molar-refractivity contribution is -0.140. The highest BCUT2D eigenvalue weighted by atomic mass is 79.9. The van der Waals surface area contributed by atoms with Crippen molar-refractivity contribution in [1.82, 2.24) is 4.98 Å². The smallest absolute Gasteiger partial charge is 0.307 e. The van der Waals surface area contributed by atoms with E-state index < -0.39 is 0 Å². The highest BCUT2D eigenvalue weighted by Gasteiger charge is 2.12. The Kier molecular flexibility index (Phi) is 6.67. The molecule has 0 unspecified atom stereocenters. The maximum atomic E-state index is 11.2. The number of rotatable bonds is 7. The number of aromatic nitrogens is 1. The summed E-state index contributed by atoms with van der Waals surface area (Å²) in [5, 5.41) is 0. The van der Waals surface area contributed by atoms with Gasteiger partial charge in [-0.1, -0.05) is 0 Å². The van der Waals surface area contributed by atoms with E-state index in [4.69, 9.17) is 4.74 Å². The number of hydrogen-bond acceptors (Lipinski definition) is 5. The van der Waals surface area contributed by atoms with Crippen LogP contribution in [0, 0.1) is 0 Å². The summed E-state index contributed by atoms with van der Waals surface area (Å²) in [5.74, 6) is -0.220. The number of hydrogen-bond donors (Lipinski definition) is 0. The molecule has 0 aromatic carbocycles. The molecule has 0 aliphatic carbocycles. The van der Waals surface area contributed by atoms with Crippen LogP contribution >= 0.6 is 15.9 Å². The van der Waals surface area contributed by atoms with Crippen LogP contribution in [0.15, 0.2) is 22.9 Å². The molecular weight excluding hydrogens is 300 g/mol. The average Bonchev–Trinajstić information content (AvgIpc) is 2.39. The zero-order valence-corrected chi connectivity index (χ0v) is 12.1. The number of esters is 1. The van der Waals surface area contributed by atoms with Gasteiger partial charge in [0, 0.05) is 32.6 Å². The molecule has 5 nitrogen and oxygen atoms in total. The predicted octanol–water partition coefficient (Wildman–Crippen LogP) is 1.86. The molecule has 0 amide bonds. The van der Waals surface area contributed by atoms with Crippen molar-refractivity contribution in [3.05, 3.63) is 22.9 Å². The third kappa shape index (κ3) is 4.62. The first-order chi connectivity index (χ1) is 8.69. The molecule has 0 N–H and O–H groups in total. The Hall–Kier alpha value is -1.14. The largest absolute Gasteiger partial charge is 0.469 e. The van der Waals surface area contributed by atoms with Crippen molar-refractivity contribution in [2.75, 3.05) is 38.8 Å². The van der Waals surface area contributed by atoms with Crippen LogP contribution < -0.4 is 4.90 Å². The van der Waals surface area contributed by atoms with E-state index in [1.807, 2.05) is 6.07 Å². The minimum atomic E-state index is -0.220. The van der Waals surface area contributed by atoms with Gasteiger partial charge in [0.1, 0.15) is 0 Å². The summed E-state index contributed by atoms with van der Waals surface area (Å²) in [5.41, 5.74) is 0.992. The van der Waals surface area contributed by atoms with Crippen LogP contribution in [0.25, 0.3) is 0 Å². The Morgan fingerprint density at radius 1 is 1.44 bits per heavy atom. The zero-order chi connectivity index (χ0) is 13.4. The Balaban J connectivity index is 2.71. The Morgan fingerprint density at radius 3 is 2.83 bits per heavy atom. The van der Waals surface area contributed by atoms with E-state index in [0.29, 0.717) is 26.1 Å². The van der Waals surface area contributed by atoms with Gasteiger partial charge in [-0.25, -0.2) is 0 Å². The number of halogens is 1. The molecule has 0 aliphatic rings. The van der Waals surface area contributed by atoms with Crippen LogP contribution in [0.5, 0.6) is 0 Å². The summed E-state index contributed by atoms with van der Waals surface area (Å²) in [6.07, 6.45) is 3.79. The lowest BCUT2D eigenvalue weighted by atomic mass is 10.3. The lowest BCUT2D eigenvalue weighted by Gasteiger charge is -2.24. The number of carbonyl (C=O) groups is 1. The van der Waals surface area contributed by atoms with Crippen LogP contribution in [-0.2, 0) is 14.3 Å². The van der Waals surface area contributed by atoms with E-state index in [1.165, 1.54) is 7.11 Å². The fourth-order valence-corrected chi connectivity index (χ4v) is 2.01. The monoisotopic (exact) mass is 316 g/mol. The number of nitrogens with zero attached hydrogens (tertiary/aromatic N) is 2. The molecule has 0 bridgehead atoms. The molecule has 1 aromatic heterocycles. The number of pyridine rings is 1. The topological polar surface area (TPSA) is 51.7 Å². The van der Waals surface area contributed by atoms with Gasteiger partial charge in [0.25, 0.3) is 0 Å². The molecule has 0 fully saturated rings. The van der Waals surface area contributed by atoms with Gasteiger partial charge in [-0.3, -0.25) is 9.78 Å². The second-order valence-corrected chi connectivity index (χ2v) is 4.49. The minimum absolute atomic E-state index is 0.220. The van der Waals surface area contributed by atoms with Crippen LogP contribution in [0.2, 0.25) is 0 Å². The van der Waals surface area contributed by atoms with Crippen molar-refractivity contribution in [2.45, 2.75) is 6.42 Å². The minimum Gasteiger partial charge on any atom is -0.469 e. The molecule has 0 saturated carbocycles. The van der Waals surface area contributed by atoms with Gasteiger partial charge in [-0.2, -0.15) is 0 Å². The van der Waals surface area contributed by atoms with Crippen molar-refractivity contribution in [2.24, 2.45) is 0 Å². The quantitative estimate of drug-likeness (QED) is 0.719. The van der Waals surface area contributed by atoms with Gasteiger partial charge >= 0.3 is 5.97 Å². The van der Waals surface area contributed by atoms with Crippen molar-refractivity contribution < 1.29 is 14.3 Å². The number of carbonyl (C=O) groups excluding carboxylic acids is 1. The molecule has 1 aromatic rings.